The highest BCUT2D eigenvalue weighted by Crippen LogP contribution is 2.40. The third-order valence-corrected chi connectivity index (χ3v) is 5.29. The first-order chi connectivity index (χ1) is 10.6. The first-order valence-electron chi connectivity index (χ1n) is 7.63. The molecule has 0 aliphatic carbocycles. The lowest BCUT2D eigenvalue weighted by atomic mass is 9.83. The molecule has 1 aromatic rings. The van der Waals surface area contributed by atoms with Gasteiger partial charge in [0.1, 0.15) is 12.6 Å². The van der Waals surface area contributed by atoms with E-state index in [1.807, 2.05) is 6.92 Å². The molecule has 118 valence electrons. The average molecular weight is 412 g/mol. The van der Waals surface area contributed by atoms with E-state index in [-0.39, 0.29) is 6.04 Å². The molecule has 22 heavy (non-hydrogen) atoms. The minimum absolute atomic E-state index is 0.280. The van der Waals surface area contributed by atoms with E-state index in [1.54, 1.807) is 7.11 Å². The van der Waals surface area contributed by atoms with Gasteiger partial charge in [0.2, 0.25) is 0 Å². The summed E-state index contributed by atoms with van der Waals surface area (Å²) in [5.74, 6) is 0. The molecule has 5 heteroatoms. The molecule has 3 rings (SSSR count). The minimum atomic E-state index is -0.591. The van der Waals surface area contributed by atoms with E-state index in [4.69, 9.17) is 4.84 Å². The van der Waals surface area contributed by atoms with Gasteiger partial charge in [-0.3, -0.25) is 5.32 Å². The largest absolute Gasteiger partial charge is 0.399 e. The number of nitrogens with one attached hydrogen (secondary N) is 1. The predicted octanol–water partition coefficient (Wildman–Crippen LogP) is 2.95. The second kappa shape index (κ2) is 6.29. The van der Waals surface area contributed by atoms with Crippen molar-refractivity contribution in [1.82, 2.24) is 5.32 Å². The first-order valence-corrected chi connectivity index (χ1v) is 8.71. The Balaban J connectivity index is 2.05. The third kappa shape index (κ3) is 2.70. The van der Waals surface area contributed by atoms with E-state index in [0.717, 1.165) is 25.0 Å². The number of rotatable bonds is 4. The molecular weight excluding hydrogens is 391 g/mol. The smallest absolute Gasteiger partial charge is 0.106 e. The monoisotopic (exact) mass is 412 g/mol. The maximum atomic E-state index is 10.6. The Morgan fingerprint density at radius 2 is 2.18 bits per heavy atom. The van der Waals surface area contributed by atoms with Crippen LogP contribution in [-0.4, -0.2) is 35.6 Å². The molecule has 2 aliphatic heterocycles. The highest BCUT2D eigenvalue weighted by Gasteiger charge is 2.51. The van der Waals surface area contributed by atoms with Gasteiger partial charge < -0.3 is 9.94 Å². The molecule has 0 amide bonds. The Kier molecular flexibility index (Phi) is 4.56. The van der Waals surface area contributed by atoms with Crippen LogP contribution in [0.4, 0.5) is 0 Å². The van der Waals surface area contributed by atoms with Crippen molar-refractivity contribution in [3.05, 3.63) is 39.5 Å². The number of halogens is 1. The van der Waals surface area contributed by atoms with Gasteiger partial charge in [0.05, 0.1) is 11.8 Å². The summed E-state index contributed by atoms with van der Waals surface area (Å²) >= 11 is 2.31. The standard InChI is InChI=1S/C17H21IN2O2/c1-3-15(20-22-2)17-10-12(8-14(19-17)9-16(17)21)11-4-6-13(18)7-5-11/h4-7,10,14,16,19,21H,3,8-9H2,1-2H3. The van der Waals surface area contributed by atoms with Crippen LogP contribution in [0, 0.1) is 3.57 Å². The van der Waals surface area contributed by atoms with Crippen molar-refractivity contribution in [1.29, 1.82) is 0 Å². The van der Waals surface area contributed by atoms with Gasteiger partial charge in [-0.05, 0) is 65.1 Å². The number of aliphatic hydroxyl groups excluding tert-OH is 1. The van der Waals surface area contributed by atoms with Crippen LogP contribution in [0.5, 0.6) is 0 Å². The fourth-order valence-corrected chi connectivity index (χ4v) is 3.95. The van der Waals surface area contributed by atoms with Crippen LogP contribution < -0.4 is 5.32 Å². The van der Waals surface area contributed by atoms with Crippen LogP contribution in [0.1, 0.15) is 31.7 Å². The second-order valence-corrected chi connectivity index (χ2v) is 7.16. The zero-order valence-electron chi connectivity index (χ0n) is 12.8. The van der Waals surface area contributed by atoms with E-state index in [9.17, 15) is 5.11 Å². The van der Waals surface area contributed by atoms with Crippen molar-refractivity contribution >= 4 is 33.9 Å². The van der Waals surface area contributed by atoms with Crippen molar-refractivity contribution in [2.24, 2.45) is 5.16 Å². The van der Waals surface area contributed by atoms with Gasteiger partial charge in [-0.25, -0.2) is 0 Å². The maximum absolute atomic E-state index is 10.6. The summed E-state index contributed by atoms with van der Waals surface area (Å²) in [6, 6.07) is 8.82. The molecule has 2 N–H and O–H groups in total. The lowest BCUT2D eigenvalue weighted by molar-refractivity contribution is 0.148. The predicted molar refractivity (Wildman–Crippen MR) is 96.8 cm³/mol. The van der Waals surface area contributed by atoms with Gasteiger partial charge in [0.25, 0.3) is 0 Å². The first kappa shape index (κ1) is 16.0. The third-order valence-electron chi connectivity index (χ3n) is 4.57. The van der Waals surface area contributed by atoms with Gasteiger partial charge in [-0.1, -0.05) is 30.3 Å². The normalized spacial score (nSPS) is 31.1. The molecule has 4 nitrogen and oxygen atoms in total. The summed E-state index contributed by atoms with van der Waals surface area (Å²) < 4.78 is 1.23. The molecule has 1 fully saturated rings. The molecule has 0 saturated carbocycles. The molecule has 0 spiro atoms. The van der Waals surface area contributed by atoms with Crippen molar-refractivity contribution < 1.29 is 9.94 Å². The van der Waals surface area contributed by atoms with Crippen LogP contribution in [0.3, 0.4) is 0 Å². The molecule has 1 aromatic carbocycles. The molecule has 2 bridgehead atoms. The fourth-order valence-electron chi connectivity index (χ4n) is 3.59. The zero-order chi connectivity index (χ0) is 15.7. The molecule has 3 unspecified atom stereocenters. The van der Waals surface area contributed by atoms with Crippen LogP contribution in [-0.2, 0) is 4.84 Å². The SMILES string of the molecule is CCC(=NOC)C12C=C(c3ccc(I)cc3)CC(CC1O)N2. The molecule has 0 radical (unpaired) electrons. The Bertz CT molecular complexity index is 612. The Morgan fingerprint density at radius 3 is 2.82 bits per heavy atom. The summed E-state index contributed by atoms with van der Waals surface area (Å²) in [4.78, 5) is 5.01. The van der Waals surface area contributed by atoms with Crippen molar-refractivity contribution in [3.63, 3.8) is 0 Å². The van der Waals surface area contributed by atoms with Gasteiger partial charge >= 0.3 is 0 Å². The van der Waals surface area contributed by atoms with Gasteiger partial charge in [-0.2, -0.15) is 0 Å². The number of oxime groups is 1. The number of benzene rings is 1. The molecular formula is C17H21IN2O2. The number of hydrogen-bond donors (Lipinski definition) is 2. The van der Waals surface area contributed by atoms with E-state index in [0.29, 0.717) is 0 Å². The molecule has 0 aromatic heterocycles. The van der Waals surface area contributed by atoms with E-state index in [1.165, 1.54) is 14.7 Å². The van der Waals surface area contributed by atoms with Gasteiger partial charge in [0.15, 0.2) is 0 Å². The van der Waals surface area contributed by atoms with Gasteiger partial charge in [0, 0.05) is 9.61 Å². The van der Waals surface area contributed by atoms with E-state index >= 15 is 0 Å². The molecule has 1 saturated heterocycles. The van der Waals surface area contributed by atoms with E-state index in [2.05, 4.69) is 63.4 Å². The Labute approximate surface area is 144 Å². The topological polar surface area (TPSA) is 53.9 Å². The molecule has 2 heterocycles. The zero-order valence-corrected chi connectivity index (χ0v) is 15.0. The van der Waals surface area contributed by atoms with Crippen molar-refractivity contribution in [3.8, 4) is 0 Å². The van der Waals surface area contributed by atoms with E-state index < -0.39 is 11.6 Å². The number of nitrogens with zero attached hydrogens (tertiary/aromatic N) is 1. The minimum Gasteiger partial charge on any atom is -0.399 e. The molecule has 2 aliphatic rings. The highest BCUT2D eigenvalue weighted by molar-refractivity contribution is 14.1. The van der Waals surface area contributed by atoms with Crippen molar-refractivity contribution in [2.45, 2.75) is 43.9 Å². The fraction of sp³-hybridized carbons (Fsp3) is 0.471. The number of hydrogen-bond acceptors (Lipinski definition) is 4. The van der Waals surface area contributed by atoms with Crippen LogP contribution in [0.25, 0.3) is 5.57 Å². The maximum Gasteiger partial charge on any atom is 0.106 e. The highest BCUT2D eigenvalue weighted by atomic mass is 127. The molecule has 3 atom stereocenters. The number of aliphatic hydroxyl groups is 1. The lowest BCUT2D eigenvalue weighted by Gasteiger charge is -2.35. The summed E-state index contributed by atoms with van der Waals surface area (Å²) in [5.41, 5.74) is 2.76. The van der Waals surface area contributed by atoms with Crippen LogP contribution in [0.2, 0.25) is 0 Å². The van der Waals surface area contributed by atoms with Gasteiger partial charge in [-0.15, -0.1) is 0 Å². The summed E-state index contributed by atoms with van der Waals surface area (Å²) in [6.07, 6.45) is 4.11. The number of fused-ring (bicyclic) bond motifs is 2. The summed E-state index contributed by atoms with van der Waals surface area (Å²) in [7, 11) is 1.55. The average Bonchev–Trinajstić information content (AvgIpc) is 2.75. The Hall–Kier alpha value is -0.920. The van der Waals surface area contributed by atoms with Crippen LogP contribution >= 0.6 is 22.6 Å². The summed E-state index contributed by atoms with van der Waals surface area (Å²) in [6.45, 7) is 2.04. The lowest BCUT2D eigenvalue weighted by Crippen LogP contribution is -2.55. The van der Waals surface area contributed by atoms with Crippen LogP contribution in [0.15, 0.2) is 35.5 Å². The summed E-state index contributed by atoms with van der Waals surface area (Å²) in [5, 5.41) is 18.4. The quantitative estimate of drug-likeness (QED) is 0.454. The second-order valence-electron chi connectivity index (χ2n) is 5.92. The van der Waals surface area contributed by atoms with Crippen molar-refractivity contribution in [2.75, 3.05) is 7.11 Å². The Morgan fingerprint density at radius 1 is 1.45 bits per heavy atom.